The van der Waals surface area contributed by atoms with Crippen LogP contribution in [0, 0.1) is 0 Å². The monoisotopic (exact) mass is 167 g/mol. The summed E-state index contributed by atoms with van der Waals surface area (Å²) in [6.07, 6.45) is 1.43. The minimum atomic E-state index is -1.62. The largest absolute Gasteiger partial charge is 0.512 e. The predicted molar refractivity (Wildman–Crippen MR) is 40.2 cm³/mol. The molecule has 0 fully saturated rings. The molecule has 5 nitrogen and oxygen atoms in total. The lowest BCUT2D eigenvalue weighted by atomic mass is 9.85. The molecule has 6 heteroatoms. The van der Waals surface area contributed by atoms with Gasteiger partial charge in [-0.05, 0) is 0 Å². The molecule has 2 N–H and O–H groups in total. The molecule has 12 heavy (non-hydrogen) atoms. The molecule has 0 saturated carbocycles. The topological polar surface area (TPSA) is 71.8 Å². The molecule has 1 aromatic rings. The van der Waals surface area contributed by atoms with Crippen LogP contribution in [0.2, 0.25) is 0 Å². The molecular formula is C6H6BNO4. The maximum atomic E-state index is 8.85. The number of rotatable bonds is 1. The molecule has 0 aromatic carbocycles. The van der Waals surface area contributed by atoms with E-state index in [0.717, 1.165) is 0 Å². The fourth-order valence-corrected chi connectivity index (χ4v) is 1.04. The van der Waals surface area contributed by atoms with E-state index in [1.807, 2.05) is 0 Å². The van der Waals surface area contributed by atoms with E-state index in [0.29, 0.717) is 11.5 Å². The number of hydrogen-bond donors (Lipinski definition) is 2. The number of aromatic nitrogens is 1. The molecule has 0 amide bonds. The molecule has 0 saturated heterocycles. The van der Waals surface area contributed by atoms with Gasteiger partial charge in [0.1, 0.15) is 5.59 Å². The summed E-state index contributed by atoms with van der Waals surface area (Å²) in [7, 11) is -1.62. The molecule has 0 spiro atoms. The van der Waals surface area contributed by atoms with Gasteiger partial charge in [0.05, 0.1) is 0 Å². The van der Waals surface area contributed by atoms with Gasteiger partial charge in [-0.15, -0.1) is 0 Å². The Labute approximate surface area is 68.7 Å². The van der Waals surface area contributed by atoms with E-state index >= 15 is 0 Å². The van der Waals surface area contributed by atoms with Gasteiger partial charge in [-0.3, -0.25) is 4.98 Å². The van der Waals surface area contributed by atoms with Crippen molar-refractivity contribution < 1.29 is 19.5 Å². The maximum absolute atomic E-state index is 8.85. The fourth-order valence-electron chi connectivity index (χ4n) is 1.04. The Balaban J connectivity index is 2.49. The first-order valence-corrected chi connectivity index (χ1v) is 3.39. The van der Waals surface area contributed by atoms with E-state index in [1.165, 1.54) is 6.20 Å². The van der Waals surface area contributed by atoms with Crippen LogP contribution < -0.4 is 15.1 Å². The summed E-state index contributed by atoms with van der Waals surface area (Å²) >= 11 is 0. The van der Waals surface area contributed by atoms with Crippen LogP contribution in [0.4, 0.5) is 0 Å². The average Bonchev–Trinajstić information content (AvgIpc) is 2.49. The molecule has 1 aliphatic heterocycles. The van der Waals surface area contributed by atoms with Crippen LogP contribution in [-0.4, -0.2) is 28.9 Å². The van der Waals surface area contributed by atoms with Crippen molar-refractivity contribution in [3.05, 3.63) is 12.3 Å². The van der Waals surface area contributed by atoms with Crippen LogP contribution in [-0.2, 0) is 0 Å². The van der Waals surface area contributed by atoms with E-state index in [4.69, 9.17) is 19.5 Å². The molecule has 2 rings (SSSR count). The zero-order chi connectivity index (χ0) is 8.55. The highest BCUT2D eigenvalue weighted by Crippen LogP contribution is 2.28. The third-order valence-corrected chi connectivity index (χ3v) is 1.56. The second-order valence-corrected chi connectivity index (χ2v) is 2.30. The second kappa shape index (κ2) is 2.65. The van der Waals surface area contributed by atoms with Crippen molar-refractivity contribution >= 4 is 12.7 Å². The molecular weight excluding hydrogens is 161 g/mol. The van der Waals surface area contributed by atoms with Crippen LogP contribution in [0.3, 0.4) is 0 Å². The maximum Gasteiger partial charge on any atom is 0.512 e. The highest BCUT2D eigenvalue weighted by atomic mass is 16.7. The summed E-state index contributed by atoms with van der Waals surface area (Å²) in [5.74, 6) is 0.806. The van der Waals surface area contributed by atoms with E-state index in [-0.39, 0.29) is 12.4 Å². The van der Waals surface area contributed by atoms with Crippen LogP contribution >= 0.6 is 0 Å². The Hall–Kier alpha value is -1.27. The molecule has 1 aromatic heterocycles. The van der Waals surface area contributed by atoms with Gasteiger partial charge in [0.2, 0.25) is 6.79 Å². The molecule has 0 unspecified atom stereocenters. The normalized spacial score (nSPS) is 13.2. The van der Waals surface area contributed by atoms with Crippen molar-refractivity contribution in [3.63, 3.8) is 0 Å². The Kier molecular flexibility index (Phi) is 1.63. The lowest BCUT2D eigenvalue weighted by molar-refractivity contribution is 0.174. The van der Waals surface area contributed by atoms with Gasteiger partial charge in [-0.2, -0.15) is 0 Å². The Morgan fingerprint density at radius 1 is 1.42 bits per heavy atom. The molecule has 0 bridgehead atoms. The van der Waals surface area contributed by atoms with Crippen molar-refractivity contribution in [1.29, 1.82) is 0 Å². The molecule has 1 aliphatic rings. The van der Waals surface area contributed by atoms with Crippen LogP contribution in [0.25, 0.3) is 0 Å². The first-order chi connectivity index (χ1) is 5.79. The SMILES string of the molecule is OB(O)c1nccc2c1OCO2. The van der Waals surface area contributed by atoms with Crippen molar-refractivity contribution in [2.45, 2.75) is 0 Å². The Bertz CT molecular complexity index is 304. The smallest absolute Gasteiger partial charge is 0.453 e. The number of fused-ring (bicyclic) bond motifs is 1. The molecule has 2 heterocycles. The Morgan fingerprint density at radius 3 is 3.00 bits per heavy atom. The summed E-state index contributed by atoms with van der Waals surface area (Å²) in [4.78, 5) is 3.74. The van der Waals surface area contributed by atoms with E-state index in [1.54, 1.807) is 6.07 Å². The van der Waals surface area contributed by atoms with Gasteiger partial charge in [-0.25, -0.2) is 0 Å². The van der Waals surface area contributed by atoms with Crippen molar-refractivity contribution in [1.82, 2.24) is 4.98 Å². The highest BCUT2D eigenvalue weighted by Gasteiger charge is 2.25. The molecule has 62 valence electrons. The predicted octanol–water partition coefficient (Wildman–Crippen LogP) is -1.51. The third-order valence-electron chi connectivity index (χ3n) is 1.56. The number of hydrogen-bond acceptors (Lipinski definition) is 5. The van der Waals surface area contributed by atoms with E-state index < -0.39 is 7.12 Å². The van der Waals surface area contributed by atoms with Gasteiger partial charge in [0, 0.05) is 12.3 Å². The van der Waals surface area contributed by atoms with E-state index in [9.17, 15) is 0 Å². The van der Waals surface area contributed by atoms with Crippen molar-refractivity contribution in [2.24, 2.45) is 0 Å². The van der Waals surface area contributed by atoms with Crippen molar-refractivity contribution in [2.75, 3.05) is 6.79 Å². The minimum Gasteiger partial charge on any atom is -0.453 e. The van der Waals surface area contributed by atoms with E-state index in [2.05, 4.69) is 4.98 Å². The minimum absolute atomic E-state index is 0.0880. The number of ether oxygens (including phenoxy) is 2. The summed E-state index contributed by atoms with van der Waals surface area (Å²) in [5.41, 5.74) is 0.0880. The second-order valence-electron chi connectivity index (χ2n) is 2.30. The first-order valence-electron chi connectivity index (χ1n) is 3.39. The zero-order valence-corrected chi connectivity index (χ0v) is 6.10. The quantitative estimate of drug-likeness (QED) is 0.497. The first kappa shape index (κ1) is 7.39. The van der Waals surface area contributed by atoms with Gasteiger partial charge >= 0.3 is 7.12 Å². The fraction of sp³-hybridized carbons (Fsp3) is 0.167. The van der Waals surface area contributed by atoms with Gasteiger partial charge in [0.15, 0.2) is 11.5 Å². The van der Waals surface area contributed by atoms with Crippen LogP contribution in [0.1, 0.15) is 0 Å². The summed E-state index contributed by atoms with van der Waals surface area (Å²) in [6.45, 7) is 0.0980. The standard InChI is InChI=1S/C6H6BNO4/c9-7(10)6-5-4(1-2-8-6)11-3-12-5/h1-2,9-10H,3H2. The van der Waals surface area contributed by atoms with Gasteiger partial charge in [0.25, 0.3) is 0 Å². The third kappa shape index (κ3) is 1.01. The molecule has 0 aliphatic carbocycles. The summed E-state index contributed by atoms with van der Waals surface area (Å²) in [5, 5.41) is 17.7. The number of nitrogens with zero attached hydrogens (tertiary/aromatic N) is 1. The Morgan fingerprint density at radius 2 is 2.25 bits per heavy atom. The van der Waals surface area contributed by atoms with Gasteiger partial charge < -0.3 is 19.5 Å². The zero-order valence-electron chi connectivity index (χ0n) is 6.10. The molecule has 0 atom stereocenters. The molecule has 0 radical (unpaired) electrons. The summed E-state index contributed by atoms with van der Waals surface area (Å²) in [6, 6.07) is 1.61. The van der Waals surface area contributed by atoms with Crippen molar-refractivity contribution in [3.8, 4) is 11.5 Å². The van der Waals surface area contributed by atoms with Crippen LogP contribution in [0.5, 0.6) is 11.5 Å². The van der Waals surface area contributed by atoms with Crippen LogP contribution in [0.15, 0.2) is 12.3 Å². The lowest BCUT2D eigenvalue weighted by Crippen LogP contribution is -2.33. The lowest BCUT2D eigenvalue weighted by Gasteiger charge is -2.01. The number of pyridine rings is 1. The average molecular weight is 167 g/mol. The van der Waals surface area contributed by atoms with Gasteiger partial charge in [-0.1, -0.05) is 0 Å². The summed E-state index contributed by atoms with van der Waals surface area (Å²) < 4.78 is 9.99. The highest BCUT2D eigenvalue weighted by molar-refractivity contribution is 6.58.